The van der Waals surface area contributed by atoms with Crippen molar-refractivity contribution in [2.24, 2.45) is 0 Å². The van der Waals surface area contributed by atoms with Crippen LogP contribution in [0, 0.1) is 0 Å². The maximum absolute atomic E-state index is 12.5. The Labute approximate surface area is 155 Å². The van der Waals surface area contributed by atoms with Crippen molar-refractivity contribution in [1.82, 2.24) is 4.90 Å². The molecule has 10 nitrogen and oxygen atoms in total. The summed E-state index contributed by atoms with van der Waals surface area (Å²) in [5.41, 5.74) is 1.05. The van der Waals surface area contributed by atoms with E-state index in [2.05, 4.69) is 15.4 Å². The normalized spacial score (nSPS) is 13.5. The zero-order valence-electron chi connectivity index (χ0n) is 15.2. The van der Waals surface area contributed by atoms with Crippen LogP contribution in [0.25, 0.3) is 0 Å². The smallest absolute Gasteiger partial charge is 0.411 e. The van der Waals surface area contributed by atoms with E-state index in [0.29, 0.717) is 17.1 Å². The number of benzene rings is 1. The lowest BCUT2D eigenvalue weighted by atomic mass is 10.2. The lowest BCUT2D eigenvalue weighted by molar-refractivity contribution is -0.136. The minimum Gasteiger partial charge on any atom is -0.494 e. The molecule has 1 aliphatic rings. The first-order chi connectivity index (χ1) is 12.9. The molecule has 0 unspecified atom stereocenters. The van der Waals surface area contributed by atoms with Gasteiger partial charge in [0.05, 0.1) is 45.7 Å². The number of aliphatic hydroxyl groups is 1. The number of ether oxygens (including phenoxy) is 3. The number of nitrogens with zero attached hydrogens (tertiary/aromatic N) is 1. The van der Waals surface area contributed by atoms with Crippen LogP contribution in [0.3, 0.4) is 0 Å². The zero-order chi connectivity index (χ0) is 20.0. The van der Waals surface area contributed by atoms with Crippen LogP contribution in [-0.2, 0) is 19.1 Å². The van der Waals surface area contributed by atoms with Crippen molar-refractivity contribution in [2.75, 3.05) is 51.7 Å². The molecule has 0 bridgehead atoms. The number of nitrogens with one attached hydrogen (secondary N) is 2. The Morgan fingerprint density at radius 3 is 2.56 bits per heavy atom. The molecule has 146 valence electrons. The van der Waals surface area contributed by atoms with E-state index < -0.39 is 18.0 Å². The number of carbonyl (C=O) groups is 3. The molecule has 0 radical (unpaired) electrons. The molecule has 0 saturated heterocycles. The van der Waals surface area contributed by atoms with Gasteiger partial charge >= 0.3 is 12.1 Å². The Morgan fingerprint density at radius 2 is 1.96 bits per heavy atom. The van der Waals surface area contributed by atoms with Gasteiger partial charge in [-0.05, 0) is 12.1 Å². The predicted octanol–water partition coefficient (Wildman–Crippen LogP) is 0.547. The summed E-state index contributed by atoms with van der Waals surface area (Å²) in [5.74, 6) is -0.745. The SMILES string of the molecule is COC(=O)Nc1ccc(NC2=C(C(=O)OC)CN(CCO)C2=O)cc1OC. The number of anilines is 2. The first kappa shape index (κ1) is 20.0. The minimum atomic E-state index is -0.657. The molecule has 2 amide bonds. The number of hydrogen-bond acceptors (Lipinski definition) is 8. The van der Waals surface area contributed by atoms with Gasteiger partial charge in [0.2, 0.25) is 0 Å². The van der Waals surface area contributed by atoms with Crippen molar-refractivity contribution < 1.29 is 33.7 Å². The summed E-state index contributed by atoms with van der Waals surface area (Å²) in [7, 11) is 3.88. The number of esters is 1. The van der Waals surface area contributed by atoms with E-state index in [1.807, 2.05) is 0 Å². The second-order valence-electron chi connectivity index (χ2n) is 5.45. The average molecular weight is 379 g/mol. The highest BCUT2D eigenvalue weighted by Crippen LogP contribution is 2.30. The third-order valence-electron chi connectivity index (χ3n) is 3.85. The molecular formula is C17H21N3O7. The number of amides is 2. The summed E-state index contributed by atoms with van der Waals surface area (Å²) in [5, 5.41) is 14.5. The Kier molecular flexibility index (Phi) is 6.61. The fraction of sp³-hybridized carbons (Fsp3) is 0.353. The minimum absolute atomic E-state index is 0.0352. The molecular weight excluding hydrogens is 358 g/mol. The van der Waals surface area contributed by atoms with Gasteiger partial charge in [-0.1, -0.05) is 0 Å². The maximum Gasteiger partial charge on any atom is 0.411 e. The number of aliphatic hydroxyl groups excluding tert-OH is 1. The molecule has 0 fully saturated rings. The van der Waals surface area contributed by atoms with E-state index in [0.717, 1.165) is 0 Å². The summed E-state index contributed by atoms with van der Waals surface area (Å²) < 4.78 is 14.5. The van der Waals surface area contributed by atoms with Crippen molar-refractivity contribution in [3.8, 4) is 5.75 Å². The standard InChI is InChI=1S/C17H21N3O7/c1-25-13-8-10(4-5-12(13)19-17(24)27-3)18-14-11(16(23)26-2)9-20(6-7-21)15(14)22/h4-5,8,18,21H,6-7,9H2,1-3H3,(H,19,24). The van der Waals surface area contributed by atoms with Gasteiger partial charge in [-0.15, -0.1) is 0 Å². The molecule has 2 rings (SSSR count). The van der Waals surface area contributed by atoms with Gasteiger partial charge in [-0.3, -0.25) is 10.1 Å². The summed E-state index contributed by atoms with van der Waals surface area (Å²) in [6.45, 7) is -0.0987. The van der Waals surface area contributed by atoms with Crippen LogP contribution >= 0.6 is 0 Å². The second kappa shape index (κ2) is 8.90. The van der Waals surface area contributed by atoms with Gasteiger partial charge in [0.1, 0.15) is 11.4 Å². The topological polar surface area (TPSA) is 126 Å². The van der Waals surface area contributed by atoms with E-state index in [1.54, 1.807) is 18.2 Å². The molecule has 1 aliphatic heterocycles. The summed E-state index contributed by atoms with van der Waals surface area (Å²) in [4.78, 5) is 37.2. The van der Waals surface area contributed by atoms with E-state index in [-0.39, 0.29) is 31.0 Å². The largest absolute Gasteiger partial charge is 0.494 e. The van der Waals surface area contributed by atoms with Crippen LogP contribution in [0.4, 0.5) is 16.2 Å². The van der Waals surface area contributed by atoms with Gasteiger partial charge in [0, 0.05) is 18.3 Å². The summed E-state index contributed by atoms with van der Waals surface area (Å²) >= 11 is 0. The van der Waals surface area contributed by atoms with Gasteiger partial charge < -0.3 is 29.5 Å². The summed E-state index contributed by atoms with van der Waals surface area (Å²) in [6.07, 6.45) is -0.657. The lowest BCUT2D eigenvalue weighted by Crippen LogP contribution is -2.31. The number of carbonyl (C=O) groups excluding carboxylic acids is 3. The van der Waals surface area contributed by atoms with E-state index >= 15 is 0 Å². The Bertz CT molecular complexity index is 776. The fourth-order valence-electron chi connectivity index (χ4n) is 2.53. The molecule has 1 heterocycles. The first-order valence-electron chi connectivity index (χ1n) is 7.96. The highest BCUT2D eigenvalue weighted by Gasteiger charge is 2.34. The van der Waals surface area contributed by atoms with Gasteiger partial charge in [0.25, 0.3) is 5.91 Å². The van der Waals surface area contributed by atoms with Crippen molar-refractivity contribution >= 4 is 29.3 Å². The Morgan fingerprint density at radius 1 is 1.22 bits per heavy atom. The van der Waals surface area contributed by atoms with Gasteiger partial charge in [-0.2, -0.15) is 0 Å². The Balaban J connectivity index is 2.31. The molecule has 27 heavy (non-hydrogen) atoms. The van der Waals surface area contributed by atoms with E-state index in [4.69, 9.17) is 14.6 Å². The summed E-state index contributed by atoms with van der Waals surface area (Å²) in [6, 6.07) is 4.70. The number of hydrogen-bond donors (Lipinski definition) is 3. The Hall–Kier alpha value is -3.27. The molecule has 0 saturated carbocycles. The molecule has 3 N–H and O–H groups in total. The quantitative estimate of drug-likeness (QED) is 0.586. The molecule has 1 aromatic rings. The van der Waals surface area contributed by atoms with Crippen LogP contribution in [-0.4, -0.2) is 69.0 Å². The lowest BCUT2D eigenvalue weighted by Gasteiger charge is -2.15. The fourth-order valence-corrected chi connectivity index (χ4v) is 2.53. The maximum atomic E-state index is 12.5. The molecule has 10 heteroatoms. The van der Waals surface area contributed by atoms with Crippen LogP contribution in [0.2, 0.25) is 0 Å². The first-order valence-corrected chi connectivity index (χ1v) is 7.96. The highest BCUT2D eigenvalue weighted by atomic mass is 16.5. The van der Waals surface area contributed by atoms with Crippen LogP contribution < -0.4 is 15.4 Å². The van der Waals surface area contributed by atoms with E-state index in [1.165, 1.54) is 26.2 Å². The van der Waals surface area contributed by atoms with Gasteiger partial charge in [0.15, 0.2) is 0 Å². The van der Waals surface area contributed by atoms with Crippen LogP contribution in [0.1, 0.15) is 0 Å². The van der Waals surface area contributed by atoms with Crippen LogP contribution in [0.5, 0.6) is 5.75 Å². The average Bonchev–Trinajstić information content (AvgIpc) is 2.98. The van der Waals surface area contributed by atoms with Crippen LogP contribution in [0.15, 0.2) is 29.5 Å². The third-order valence-corrected chi connectivity index (χ3v) is 3.85. The molecule has 0 atom stereocenters. The molecule has 1 aromatic carbocycles. The van der Waals surface area contributed by atoms with Gasteiger partial charge in [-0.25, -0.2) is 9.59 Å². The molecule has 0 aliphatic carbocycles. The van der Waals surface area contributed by atoms with Crippen molar-refractivity contribution in [3.05, 3.63) is 29.5 Å². The second-order valence-corrected chi connectivity index (χ2v) is 5.45. The van der Waals surface area contributed by atoms with Crippen molar-refractivity contribution in [1.29, 1.82) is 0 Å². The predicted molar refractivity (Wildman–Crippen MR) is 95.4 cm³/mol. The third kappa shape index (κ3) is 4.47. The van der Waals surface area contributed by atoms with E-state index in [9.17, 15) is 14.4 Å². The monoisotopic (exact) mass is 379 g/mol. The zero-order valence-corrected chi connectivity index (χ0v) is 15.2. The van der Waals surface area contributed by atoms with Crippen molar-refractivity contribution in [3.63, 3.8) is 0 Å². The molecule has 0 spiro atoms. The number of β-amino-alcohol motifs (C(OH)–C–C–N with tert-alkyl or cyclic N) is 1. The number of methoxy groups -OCH3 is 3. The van der Waals surface area contributed by atoms with Crippen molar-refractivity contribution in [2.45, 2.75) is 0 Å². The number of rotatable bonds is 7. The molecule has 0 aromatic heterocycles. The highest BCUT2D eigenvalue weighted by molar-refractivity contribution is 6.08.